The standard InChI is InChI=1S/C9H14OS/c1-7-6-9(4-3-5-11)8(2)10-7/h6,11H,3-5H2,1-2H3. The minimum Gasteiger partial charge on any atom is -0.466 e. The lowest BCUT2D eigenvalue weighted by atomic mass is 10.1. The number of aryl methyl sites for hydroxylation is 3. The summed E-state index contributed by atoms with van der Waals surface area (Å²) in [6.45, 7) is 4.00. The van der Waals surface area contributed by atoms with Crippen molar-refractivity contribution < 1.29 is 4.42 Å². The van der Waals surface area contributed by atoms with Gasteiger partial charge in [-0.25, -0.2) is 0 Å². The lowest BCUT2D eigenvalue weighted by Gasteiger charge is -1.93. The Bertz CT molecular complexity index is 227. The van der Waals surface area contributed by atoms with E-state index in [-0.39, 0.29) is 0 Å². The molecule has 0 aliphatic heterocycles. The van der Waals surface area contributed by atoms with Gasteiger partial charge in [-0.1, -0.05) is 0 Å². The topological polar surface area (TPSA) is 13.1 Å². The van der Waals surface area contributed by atoms with E-state index in [0.717, 1.165) is 30.1 Å². The maximum absolute atomic E-state index is 5.39. The van der Waals surface area contributed by atoms with Crippen LogP contribution in [0.1, 0.15) is 23.5 Å². The van der Waals surface area contributed by atoms with Gasteiger partial charge in [0.2, 0.25) is 0 Å². The molecule has 0 aliphatic rings. The van der Waals surface area contributed by atoms with Crippen LogP contribution in [0.25, 0.3) is 0 Å². The van der Waals surface area contributed by atoms with E-state index >= 15 is 0 Å². The van der Waals surface area contributed by atoms with Gasteiger partial charge in [-0.3, -0.25) is 0 Å². The molecule has 0 saturated carbocycles. The molecule has 0 atom stereocenters. The summed E-state index contributed by atoms with van der Waals surface area (Å²) in [5.74, 6) is 3.02. The summed E-state index contributed by atoms with van der Waals surface area (Å²) in [5.41, 5.74) is 1.33. The molecule has 0 radical (unpaired) electrons. The molecular formula is C9H14OS. The van der Waals surface area contributed by atoms with Crippen molar-refractivity contribution in [2.45, 2.75) is 26.7 Å². The van der Waals surface area contributed by atoms with Crippen LogP contribution in [-0.2, 0) is 6.42 Å². The summed E-state index contributed by atoms with van der Waals surface area (Å²) < 4.78 is 5.39. The number of furan rings is 1. The fourth-order valence-electron chi connectivity index (χ4n) is 1.20. The molecular weight excluding hydrogens is 156 g/mol. The zero-order valence-electron chi connectivity index (χ0n) is 7.05. The predicted molar refractivity (Wildman–Crippen MR) is 50.4 cm³/mol. The van der Waals surface area contributed by atoms with E-state index in [1.807, 2.05) is 13.8 Å². The summed E-state index contributed by atoms with van der Waals surface area (Å²) in [4.78, 5) is 0. The maximum atomic E-state index is 5.39. The zero-order chi connectivity index (χ0) is 8.27. The largest absolute Gasteiger partial charge is 0.466 e. The van der Waals surface area contributed by atoms with Crippen molar-refractivity contribution in [3.05, 3.63) is 23.2 Å². The van der Waals surface area contributed by atoms with Crippen LogP contribution in [0.5, 0.6) is 0 Å². The lowest BCUT2D eigenvalue weighted by molar-refractivity contribution is 0.501. The van der Waals surface area contributed by atoms with Crippen molar-refractivity contribution in [3.8, 4) is 0 Å². The third kappa shape index (κ3) is 2.29. The molecule has 0 aromatic carbocycles. The summed E-state index contributed by atoms with van der Waals surface area (Å²) in [6.07, 6.45) is 2.22. The predicted octanol–water partition coefficient (Wildman–Crippen LogP) is 2.76. The third-order valence-corrected chi connectivity index (χ3v) is 2.06. The Hall–Kier alpha value is -0.370. The molecule has 0 fully saturated rings. The van der Waals surface area contributed by atoms with Gasteiger partial charge in [0, 0.05) is 0 Å². The Balaban J connectivity index is 2.62. The molecule has 1 rings (SSSR count). The molecule has 0 aliphatic carbocycles. The molecule has 1 aromatic heterocycles. The third-order valence-electron chi connectivity index (χ3n) is 1.75. The summed E-state index contributed by atoms with van der Waals surface area (Å²) in [6, 6.07) is 2.11. The van der Waals surface area contributed by atoms with E-state index in [1.54, 1.807) is 0 Å². The highest BCUT2D eigenvalue weighted by atomic mass is 32.1. The van der Waals surface area contributed by atoms with Crippen molar-refractivity contribution in [1.29, 1.82) is 0 Å². The Morgan fingerprint density at radius 2 is 2.18 bits per heavy atom. The molecule has 0 saturated heterocycles. The molecule has 0 unspecified atom stereocenters. The van der Waals surface area contributed by atoms with Crippen LogP contribution in [0, 0.1) is 13.8 Å². The van der Waals surface area contributed by atoms with Gasteiger partial charge in [0.15, 0.2) is 0 Å². The van der Waals surface area contributed by atoms with Crippen molar-refractivity contribution in [2.24, 2.45) is 0 Å². The van der Waals surface area contributed by atoms with E-state index in [1.165, 1.54) is 5.56 Å². The first-order chi connectivity index (χ1) is 5.24. The van der Waals surface area contributed by atoms with Gasteiger partial charge in [-0.2, -0.15) is 12.6 Å². The van der Waals surface area contributed by atoms with E-state index in [9.17, 15) is 0 Å². The molecule has 2 heteroatoms. The van der Waals surface area contributed by atoms with Gasteiger partial charge >= 0.3 is 0 Å². The Kier molecular flexibility index (Phi) is 3.06. The van der Waals surface area contributed by atoms with Crippen LogP contribution in [0.2, 0.25) is 0 Å². The van der Waals surface area contributed by atoms with Crippen LogP contribution in [0.15, 0.2) is 10.5 Å². The molecule has 62 valence electrons. The smallest absolute Gasteiger partial charge is 0.104 e. The van der Waals surface area contributed by atoms with Gasteiger partial charge in [0.25, 0.3) is 0 Å². The molecule has 11 heavy (non-hydrogen) atoms. The zero-order valence-corrected chi connectivity index (χ0v) is 7.95. The first-order valence-electron chi connectivity index (χ1n) is 3.91. The quantitative estimate of drug-likeness (QED) is 0.688. The van der Waals surface area contributed by atoms with Gasteiger partial charge in [0.05, 0.1) is 0 Å². The average molecular weight is 170 g/mol. The van der Waals surface area contributed by atoms with Gasteiger partial charge in [-0.15, -0.1) is 0 Å². The monoisotopic (exact) mass is 170 g/mol. The van der Waals surface area contributed by atoms with Crippen LogP contribution in [-0.4, -0.2) is 5.75 Å². The van der Waals surface area contributed by atoms with Crippen LogP contribution in [0.3, 0.4) is 0 Å². The molecule has 0 amide bonds. The van der Waals surface area contributed by atoms with E-state index in [0.29, 0.717) is 0 Å². The van der Waals surface area contributed by atoms with E-state index in [4.69, 9.17) is 4.42 Å². The fourth-order valence-corrected chi connectivity index (χ4v) is 1.36. The lowest BCUT2D eigenvalue weighted by Crippen LogP contribution is -1.85. The molecule has 0 N–H and O–H groups in total. The van der Waals surface area contributed by atoms with Gasteiger partial charge < -0.3 is 4.42 Å². The second-order valence-corrected chi connectivity index (χ2v) is 3.21. The molecule has 1 aromatic rings. The average Bonchev–Trinajstić information content (AvgIpc) is 2.26. The maximum Gasteiger partial charge on any atom is 0.104 e. The normalized spacial score (nSPS) is 10.5. The highest BCUT2D eigenvalue weighted by molar-refractivity contribution is 7.80. The number of hydrogen-bond acceptors (Lipinski definition) is 2. The van der Waals surface area contributed by atoms with Crippen LogP contribution < -0.4 is 0 Å². The second-order valence-electron chi connectivity index (χ2n) is 2.77. The summed E-state index contributed by atoms with van der Waals surface area (Å²) >= 11 is 4.16. The Morgan fingerprint density at radius 1 is 1.45 bits per heavy atom. The fraction of sp³-hybridized carbons (Fsp3) is 0.556. The first kappa shape index (κ1) is 8.72. The molecule has 1 nitrogen and oxygen atoms in total. The van der Waals surface area contributed by atoms with Crippen LogP contribution >= 0.6 is 12.6 Å². The van der Waals surface area contributed by atoms with Crippen molar-refractivity contribution in [3.63, 3.8) is 0 Å². The Labute approximate surface area is 73.2 Å². The molecule has 0 spiro atoms. The summed E-state index contributed by atoms with van der Waals surface area (Å²) in [7, 11) is 0. The minimum absolute atomic E-state index is 0.948. The molecule has 0 bridgehead atoms. The van der Waals surface area contributed by atoms with Gasteiger partial charge in [0.1, 0.15) is 11.5 Å². The van der Waals surface area contributed by atoms with Crippen molar-refractivity contribution in [2.75, 3.05) is 5.75 Å². The first-order valence-corrected chi connectivity index (χ1v) is 4.54. The van der Waals surface area contributed by atoms with Gasteiger partial charge in [-0.05, 0) is 44.1 Å². The molecule has 1 heterocycles. The number of rotatable bonds is 3. The van der Waals surface area contributed by atoms with E-state index in [2.05, 4.69) is 18.7 Å². The highest BCUT2D eigenvalue weighted by Gasteiger charge is 2.02. The van der Waals surface area contributed by atoms with Crippen LogP contribution in [0.4, 0.5) is 0 Å². The van der Waals surface area contributed by atoms with Crippen molar-refractivity contribution in [1.82, 2.24) is 0 Å². The van der Waals surface area contributed by atoms with E-state index < -0.39 is 0 Å². The summed E-state index contributed by atoms with van der Waals surface area (Å²) in [5, 5.41) is 0. The Morgan fingerprint density at radius 3 is 2.64 bits per heavy atom. The minimum atomic E-state index is 0.948. The second kappa shape index (κ2) is 3.86. The highest BCUT2D eigenvalue weighted by Crippen LogP contribution is 2.15. The number of thiol groups is 1. The number of hydrogen-bond donors (Lipinski definition) is 1. The SMILES string of the molecule is Cc1cc(CCCS)c(C)o1. The van der Waals surface area contributed by atoms with Crippen molar-refractivity contribution >= 4 is 12.6 Å².